The molecule has 2 N–H and O–H groups in total. The van der Waals surface area contributed by atoms with Crippen LogP contribution < -0.4 is 11.0 Å². The van der Waals surface area contributed by atoms with Gasteiger partial charge in [0, 0.05) is 36.6 Å². The third kappa shape index (κ3) is 4.40. The highest BCUT2D eigenvalue weighted by atomic mass is 32.2. The van der Waals surface area contributed by atoms with Crippen molar-refractivity contribution >= 4 is 11.8 Å². The first-order valence-electron chi connectivity index (χ1n) is 6.78. The topological polar surface area (TPSA) is 88.5 Å². The zero-order valence-electron chi connectivity index (χ0n) is 12.7. The van der Waals surface area contributed by atoms with E-state index in [1.807, 2.05) is 6.92 Å². The Balaban J connectivity index is 2.04. The maximum absolute atomic E-state index is 11.5. The van der Waals surface area contributed by atoms with Crippen LogP contribution in [0.2, 0.25) is 0 Å². The van der Waals surface area contributed by atoms with Crippen LogP contribution in [0.1, 0.15) is 33.3 Å². The quantitative estimate of drug-likeness (QED) is 0.812. The molecule has 2 heterocycles. The molecule has 0 aliphatic rings. The lowest BCUT2D eigenvalue weighted by Gasteiger charge is -2.20. The number of rotatable bonds is 5. The number of nitrogens with zero attached hydrogens (tertiary/aromatic N) is 4. The van der Waals surface area contributed by atoms with Gasteiger partial charge < -0.3 is 5.32 Å². The Bertz CT molecular complexity index is 640. The average molecular weight is 308 g/mol. The van der Waals surface area contributed by atoms with Gasteiger partial charge in [-0.05, 0) is 39.5 Å². The molecule has 0 saturated heterocycles. The molecule has 0 atom stereocenters. The first kappa shape index (κ1) is 15.7. The Kier molecular flexibility index (Phi) is 4.79. The summed E-state index contributed by atoms with van der Waals surface area (Å²) in [5.74, 6) is 0. The van der Waals surface area contributed by atoms with Gasteiger partial charge in [-0.15, -0.1) is 5.10 Å². The second kappa shape index (κ2) is 6.40. The fraction of sp³-hybridized carbons (Fsp3) is 0.538. The number of aromatic amines is 1. The van der Waals surface area contributed by atoms with E-state index in [1.54, 1.807) is 17.0 Å². The van der Waals surface area contributed by atoms with E-state index >= 15 is 0 Å². The maximum Gasteiger partial charge on any atom is 0.343 e. The zero-order valence-corrected chi connectivity index (χ0v) is 13.5. The molecule has 8 heteroatoms. The van der Waals surface area contributed by atoms with E-state index in [-0.39, 0.29) is 11.2 Å². The molecule has 0 fully saturated rings. The van der Waals surface area contributed by atoms with Crippen LogP contribution in [-0.2, 0) is 13.1 Å². The van der Waals surface area contributed by atoms with Gasteiger partial charge in [-0.2, -0.15) is 0 Å². The van der Waals surface area contributed by atoms with Gasteiger partial charge in [0.05, 0.1) is 0 Å². The number of hydrogen-bond donors (Lipinski definition) is 2. The molecular weight excluding hydrogens is 288 g/mol. The molecule has 0 spiro atoms. The molecule has 0 aliphatic carbocycles. The highest BCUT2D eigenvalue weighted by Gasteiger charge is 2.11. The van der Waals surface area contributed by atoms with Crippen LogP contribution in [0.4, 0.5) is 0 Å². The smallest absolute Gasteiger partial charge is 0.308 e. The SMILES string of the molecule is CCn1c(Sc2ncc(CNC(C)(C)C)cn2)n[nH]c1=O. The summed E-state index contributed by atoms with van der Waals surface area (Å²) in [5, 5.41) is 10.9. The lowest BCUT2D eigenvalue weighted by molar-refractivity contribution is 0.423. The van der Waals surface area contributed by atoms with Crippen molar-refractivity contribution in [3.05, 3.63) is 28.4 Å². The molecule has 114 valence electrons. The van der Waals surface area contributed by atoms with Crippen LogP contribution in [0, 0.1) is 0 Å². The van der Waals surface area contributed by atoms with Crippen molar-refractivity contribution in [3.63, 3.8) is 0 Å². The first-order chi connectivity index (χ1) is 9.89. The van der Waals surface area contributed by atoms with Gasteiger partial charge in [-0.1, -0.05) is 0 Å². The van der Waals surface area contributed by atoms with Gasteiger partial charge in [0.1, 0.15) is 0 Å². The molecule has 0 unspecified atom stereocenters. The minimum Gasteiger partial charge on any atom is -0.308 e. The average Bonchev–Trinajstić information content (AvgIpc) is 2.77. The predicted octanol–water partition coefficient (Wildman–Crippen LogP) is 1.42. The third-order valence-corrected chi connectivity index (χ3v) is 3.61. The van der Waals surface area contributed by atoms with Crippen LogP contribution in [0.5, 0.6) is 0 Å². The van der Waals surface area contributed by atoms with Crippen molar-refractivity contribution in [2.75, 3.05) is 0 Å². The molecule has 2 aromatic rings. The Morgan fingerprint density at radius 2 is 2.00 bits per heavy atom. The molecule has 0 amide bonds. The van der Waals surface area contributed by atoms with Crippen LogP contribution >= 0.6 is 11.8 Å². The minimum absolute atomic E-state index is 0.0552. The minimum atomic E-state index is -0.217. The van der Waals surface area contributed by atoms with Gasteiger partial charge >= 0.3 is 5.69 Å². The largest absolute Gasteiger partial charge is 0.343 e. The summed E-state index contributed by atoms with van der Waals surface area (Å²) in [5.41, 5.74) is 0.856. The second-order valence-electron chi connectivity index (χ2n) is 5.64. The fourth-order valence-corrected chi connectivity index (χ4v) is 2.38. The normalized spacial score (nSPS) is 11.8. The molecule has 0 radical (unpaired) electrons. The predicted molar refractivity (Wildman–Crippen MR) is 81.3 cm³/mol. The Morgan fingerprint density at radius 3 is 2.57 bits per heavy atom. The molecule has 2 rings (SSSR count). The highest BCUT2D eigenvalue weighted by Crippen LogP contribution is 2.20. The van der Waals surface area contributed by atoms with E-state index in [9.17, 15) is 4.79 Å². The van der Waals surface area contributed by atoms with Crippen molar-refractivity contribution < 1.29 is 0 Å². The van der Waals surface area contributed by atoms with Crippen molar-refractivity contribution in [1.29, 1.82) is 0 Å². The molecule has 0 saturated carbocycles. The summed E-state index contributed by atoms with van der Waals surface area (Å²) >= 11 is 1.27. The lowest BCUT2D eigenvalue weighted by atomic mass is 10.1. The van der Waals surface area contributed by atoms with Crippen LogP contribution in [-0.4, -0.2) is 30.3 Å². The van der Waals surface area contributed by atoms with Gasteiger partial charge in [0.15, 0.2) is 10.3 Å². The van der Waals surface area contributed by atoms with E-state index in [0.29, 0.717) is 16.9 Å². The second-order valence-corrected chi connectivity index (χ2v) is 6.57. The summed E-state index contributed by atoms with van der Waals surface area (Å²) in [6.07, 6.45) is 3.57. The molecule has 21 heavy (non-hydrogen) atoms. The maximum atomic E-state index is 11.5. The molecule has 2 aromatic heterocycles. The molecular formula is C13H20N6OS. The van der Waals surface area contributed by atoms with Crippen LogP contribution in [0.3, 0.4) is 0 Å². The Morgan fingerprint density at radius 1 is 1.33 bits per heavy atom. The number of nitrogens with one attached hydrogen (secondary N) is 2. The monoisotopic (exact) mass is 308 g/mol. The first-order valence-corrected chi connectivity index (χ1v) is 7.59. The fourth-order valence-electron chi connectivity index (χ4n) is 1.60. The van der Waals surface area contributed by atoms with Crippen LogP contribution in [0.15, 0.2) is 27.5 Å². The Labute approximate surface area is 127 Å². The molecule has 0 aliphatic heterocycles. The number of hydrogen-bond acceptors (Lipinski definition) is 6. The number of H-pyrrole nitrogens is 1. The van der Waals surface area contributed by atoms with Gasteiger partial charge in [0.25, 0.3) is 0 Å². The van der Waals surface area contributed by atoms with E-state index in [0.717, 1.165) is 12.1 Å². The molecule has 7 nitrogen and oxygen atoms in total. The van der Waals surface area contributed by atoms with E-state index in [2.05, 4.69) is 46.3 Å². The summed E-state index contributed by atoms with van der Waals surface area (Å²) in [7, 11) is 0. The van der Waals surface area contributed by atoms with Gasteiger partial charge in [-0.3, -0.25) is 4.57 Å². The van der Waals surface area contributed by atoms with E-state index in [4.69, 9.17) is 0 Å². The summed E-state index contributed by atoms with van der Waals surface area (Å²) in [4.78, 5) is 20.1. The third-order valence-electron chi connectivity index (χ3n) is 2.73. The van der Waals surface area contributed by atoms with Crippen molar-refractivity contribution in [3.8, 4) is 0 Å². The van der Waals surface area contributed by atoms with Crippen molar-refractivity contribution in [1.82, 2.24) is 30.0 Å². The van der Waals surface area contributed by atoms with E-state index < -0.39 is 0 Å². The summed E-state index contributed by atoms with van der Waals surface area (Å²) in [6.45, 7) is 9.50. The standard InChI is InChI=1S/C13H20N6OS/c1-5-19-11(20)17-18-12(19)21-10-14-6-9(7-15-10)8-16-13(2,3)4/h6-7,16H,5,8H2,1-4H3,(H,17,20). The summed E-state index contributed by atoms with van der Waals surface area (Å²) in [6, 6.07) is 0. The van der Waals surface area contributed by atoms with E-state index in [1.165, 1.54) is 11.8 Å². The van der Waals surface area contributed by atoms with Crippen molar-refractivity contribution in [2.24, 2.45) is 0 Å². The van der Waals surface area contributed by atoms with Gasteiger partial charge in [0.2, 0.25) is 0 Å². The lowest BCUT2D eigenvalue weighted by Crippen LogP contribution is -2.35. The van der Waals surface area contributed by atoms with Crippen molar-refractivity contribution in [2.45, 2.75) is 56.6 Å². The summed E-state index contributed by atoms with van der Waals surface area (Å²) < 4.78 is 1.54. The molecule has 0 aromatic carbocycles. The Hall–Kier alpha value is -1.67. The number of aromatic nitrogens is 5. The van der Waals surface area contributed by atoms with Gasteiger partial charge in [-0.25, -0.2) is 19.9 Å². The van der Waals surface area contributed by atoms with Crippen LogP contribution in [0.25, 0.3) is 0 Å². The zero-order chi connectivity index (χ0) is 15.5. The molecule has 0 bridgehead atoms. The highest BCUT2D eigenvalue weighted by molar-refractivity contribution is 7.99.